The van der Waals surface area contributed by atoms with Gasteiger partial charge in [-0.25, -0.2) is 0 Å². The van der Waals surface area contributed by atoms with Crippen molar-refractivity contribution in [2.24, 2.45) is 0 Å². The van der Waals surface area contributed by atoms with E-state index in [1.54, 1.807) is 0 Å². The minimum absolute atomic E-state index is 1.25. The molecule has 1 heteroatoms. The fourth-order valence-corrected chi connectivity index (χ4v) is 6.85. The highest BCUT2D eigenvalue weighted by Crippen LogP contribution is 2.48. The van der Waals surface area contributed by atoms with Crippen molar-refractivity contribution in [1.29, 1.82) is 0 Å². The largest absolute Gasteiger partial charge is 0.135 e. The molecule has 0 aliphatic heterocycles. The number of fused-ring (bicyclic) bond motifs is 6. The van der Waals surface area contributed by atoms with E-state index in [0.717, 1.165) is 0 Å². The van der Waals surface area contributed by atoms with E-state index in [1.807, 2.05) is 11.3 Å². The van der Waals surface area contributed by atoms with Crippen LogP contribution in [-0.2, 0) is 0 Å². The van der Waals surface area contributed by atoms with Crippen molar-refractivity contribution in [3.63, 3.8) is 0 Å². The zero-order valence-electron chi connectivity index (χ0n) is 19.0. The van der Waals surface area contributed by atoms with Crippen molar-refractivity contribution in [2.75, 3.05) is 0 Å². The van der Waals surface area contributed by atoms with Gasteiger partial charge in [-0.15, -0.1) is 11.3 Å². The molecule has 1 aromatic heterocycles. The summed E-state index contributed by atoms with van der Waals surface area (Å²) >= 11 is 1.87. The third-order valence-electron chi connectivity index (χ3n) is 7.39. The summed E-state index contributed by atoms with van der Waals surface area (Å²) in [7, 11) is 0. The molecule has 0 N–H and O–H groups in total. The summed E-state index contributed by atoms with van der Waals surface area (Å²) in [6.45, 7) is 0. The maximum atomic E-state index is 2.38. The van der Waals surface area contributed by atoms with Crippen LogP contribution in [-0.4, -0.2) is 0 Å². The number of thiophene rings is 1. The minimum Gasteiger partial charge on any atom is -0.135 e. The fourth-order valence-electron chi connectivity index (χ4n) is 5.77. The van der Waals surface area contributed by atoms with Gasteiger partial charge >= 0.3 is 0 Å². The first-order chi connectivity index (χ1) is 17.3. The lowest BCUT2D eigenvalue weighted by atomic mass is 9.94. The van der Waals surface area contributed by atoms with Crippen LogP contribution in [0, 0.1) is 0 Å². The predicted octanol–water partition coefficient (Wildman–Crippen LogP) is 10.2. The molecule has 0 amide bonds. The van der Waals surface area contributed by atoms with Gasteiger partial charge in [0.15, 0.2) is 0 Å². The fraction of sp³-hybridized carbons (Fsp3) is 0. The second kappa shape index (κ2) is 7.15. The maximum Gasteiger partial charge on any atom is 0.0355 e. The standard InChI is InChI=1S/C34H20S/c1-2-11-27-26(10-1)29-13-6-9-24-18-25(20-31(27)34(24)29)22-8-5-7-21(17-22)23-15-16-33-30(19-23)28-12-3-4-14-32(28)35-33/h1-20H. The Morgan fingerprint density at radius 1 is 0.371 bits per heavy atom. The van der Waals surface area contributed by atoms with Crippen molar-refractivity contribution in [2.45, 2.75) is 0 Å². The molecule has 6 aromatic carbocycles. The topological polar surface area (TPSA) is 0 Å². The molecular weight excluding hydrogens is 440 g/mol. The number of hydrogen-bond donors (Lipinski definition) is 0. The van der Waals surface area contributed by atoms with Crippen LogP contribution in [0.25, 0.3) is 75.5 Å². The van der Waals surface area contributed by atoms with Crippen LogP contribution in [0.5, 0.6) is 0 Å². The summed E-state index contributed by atoms with van der Waals surface area (Å²) in [5.41, 5.74) is 10.4. The van der Waals surface area contributed by atoms with Crippen LogP contribution in [0.2, 0.25) is 0 Å². The highest BCUT2D eigenvalue weighted by molar-refractivity contribution is 7.25. The van der Waals surface area contributed by atoms with Crippen molar-refractivity contribution >= 4 is 42.3 Å². The molecule has 1 aliphatic rings. The van der Waals surface area contributed by atoms with Gasteiger partial charge in [-0.3, -0.25) is 0 Å². The lowest BCUT2D eigenvalue weighted by Gasteiger charge is -2.10. The van der Waals surface area contributed by atoms with Crippen molar-refractivity contribution < 1.29 is 0 Å². The Bertz CT molecular complexity index is 1950. The van der Waals surface area contributed by atoms with E-state index >= 15 is 0 Å². The third-order valence-corrected chi connectivity index (χ3v) is 8.54. The molecule has 0 fully saturated rings. The van der Waals surface area contributed by atoms with E-state index in [1.165, 1.54) is 75.5 Å². The Morgan fingerprint density at radius 2 is 1.06 bits per heavy atom. The van der Waals surface area contributed by atoms with Gasteiger partial charge in [-0.05, 0) is 91.7 Å². The number of benzene rings is 6. The molecule has 0 saturated carbocycles. The average Bonchev–Trinajstić information content (AvgIpc) is 3.45. The Labute approximate surface area is 207 Å². The minimum atomic E-state index is 1.25. The first-order valence-electron chi connectivity index (χ1n) is 12.0. The monoisotopic (exact) mass is 460 g/mol. The molecule has 1 aliphatic carbocycles. The van der Waals surface area contributed by atoms with E-state index in [-0.39, 0.29) is 0 Å². The van der Waals surface area contributed by atoms with E-state index < -0.39 is 0 Å². The molecule has 0 nitrogen and oxygen atoms in total. The Balaban J connectivity index is 1.30. The molecule has 0 saturated heterocycles. The Morgan fingerprint density at radius 3 is 1.97 bits per heavy atom. The molecule has 0 bridgehead atoms. The Kier molecular flexibility index (Phi) is 3.91. The van der Waals surface area contributed by atoms with Gasteiger partial charge in [-0.1, -0.05) is 84.9 Å². The smallest absolute Gasteiger partial charge is 0.0355 e. The van der Waals surface area contributed by atoms with Gasteiger partial charge in [-0.2, -0.15) is 0 Å². The first kappa shape index (κ1) is 19.1. The lowest BCUT2D eigenvalue weighted by molar-refractivity contribution is 1.62. The van der Waals surface area contributed by atoms with Crippen molar-refractivity contribution in [3.05, 3.63) is 121 Å². The second-order valence-corrected chi connectivity index (χ2v) is 10.4. The van der Waals surface area contributed by atoms with Gasteiger partial charge in [0, 0.05) is 20.2 Å². The summed E-state index contributed by atoms with van der Waals surface area (Å²) in [5.74, 6) is 0. The summed E-state index contributed by atoms with van der Waals surface area (Å²) in [6.07, 6.45) is 0. The highest BCUT2D eigenvalue weighted by atomic mass is 32.1. The quantitative estimate of drug-likeness (QED) is 0.241. The van der Waals surface area contributed by atoms with E-state index in [0.29, 0.717) is 0 Å². The third kappa shape index (κ3) is 2.79. The predicted molar refractivity (Wildman–Crippen MR) is 152 cm³/mol. The molecule has 0 radical (unpaired) electrons. The van der Waals surface area contributed by atoms with Crippen molar-refractivity contribution in [1.82, 2.24) is 0 Å². The van der Waals surface area contributed by atoms with Gasteiger partial charge in [0.2, 0.25) is 0 Å². The van der Waals surface area contributed by atoms with E-state index in [9.17, 15) is 0 Å². The summed E-state index contributed by atoms with van der Waals surface area (Å²) < 4.78 is 2.69. The number of hydrogen-bond acceptors (Lipinski definition) is 1. The zero-order chi connectivity index (χ0) is 22.9. The molecule has 7 aromatic rings. The molecule has 8 rings (SSSR count). The highest BCUT2D eigenvalue weighted by Gasteiger charge is 2.21. The maximum absolute atomic E-state index is 2.38. The molecule has 0 atom stereocenters. The van der Waals surface area contributed by atoms with Crippen LogP contribution < -0.4 is 0 Å². The summed E-state index contributed by atoms with van der Waals surface area (Å²) in [5, 5.41) is 5.38. The average molecular weight is 461 g/mol. The van der Waals surface area contributed by atoms with E-state index in [4.69, 9.17) is 0 Å². The molecule has 0 unspecified atom stereocenters. The lowest BCUT2D eigenvalue weighted by Crippen LogP contribution is -1.84. The van der Waals surface area contributed by atoms with Gasteiger partial charge in [0.05, 0.1) is 0 Å². The molecular formula is C34H20S. The van der Waals surface area contributed by atoms with Crippen LogP contribution in [0.1, 0.15) is 0 Å². The second-order valence-electron chi connectivity index (χ2n) is 9.36. The first-order valence-corrected chi connectivity index (χ1v) is 12.8. The van der Waals surface area contributed by atoms with E-state index in [2.05, 4.69) is 121 Å². The molecule has 162 valence electrons. The molecule has 35 heavy (non-hydrogen) atoms. The van der Waals surface area contributed by atoms with Gasteiger partial charge < -0.3 is 0 Å². The normalized spacial score (nSPS) is 12.0. The van der Waals surface area contributed by atoms with Crippen LogP contribution in [0.15, 0.2) is 121 Å². The van der Waals surface area contributed by atoms with Gasteiger partial charge in [0.25, 0.3) is 0 Å². The SMILES string of the molecule is c1cc(-c2cc3c4c(cccc4c2)-c2ccccc2-3)cc(-c2ccc3sc4ccccc4c3c2)c1. The van der Waals surface area contributed by atoms with Crippen LogP contribution in [0.4, 0.5) is 0 Å². The van der Waals surface area contributed by atoms with Gasteiger partial charge in [0.1, 0.15) is 0 Å². The summed E-state index contributed by atoms with van der Waals surface area (Å²) in [4.78, 5) is 0. The number of rotatable bonds is 2. The van der Waals surface area contributed by atoms with Crippen LogP contribution in [0.3, 0.4) is 0 Å². The van der Waals surface area contributed by atoms with Crippen LogP contribution >= 0.6 is 11.3 Å². The zero-order valence-corrected chi connectivity index (χ0v) is 19.8. The molecule has 1 heterocycles. The Hall–Kier alpha value is -4.20. The summed E-state index contributed by atoms with van der Waals surface area (Å²) in [6, 6.07) is 44.8. The molecule has 0 spiro atoms. The van der Waals surface area contributed by atoms with Crippen molar-refractivity contribution in [3.8, 4) is 44.5 Å².